The summed E-state index contributed by atoms with van der Waals surface area (Å²) in [7, 11) is 0. The van der Waals surface area contributed by atoms with Crippen LogP contribution in [0.2, 0.25) is 0 Å². The average molecular weight is 356 g/mol. The van der Waals surface area contributed by atoms with Crippen LogP contribution in [0.5, 0.6) is 0 Å². The third-order valence-corrected chi connectivity index (χ3v) is 6.25. The second kappa shape index (κ2) is 7.39. The SMILES string of the molecule is NC(=O)[C@@H]1CCO[C@@H]1CC1CCN(C(=O)c2ccc(C3CC3)cc2)CC1. The predicted octanol–water partition coefficient (Wildman–Crippen LogP) is 2.70. The quantitative estimate of drug-likeness (QED) is 0.882. The molecule has 3 fully saturated rings. The molecule has 1 aromatic rings. The van der Waals surface area contributed by atoms with Crippen LogP contribution in [-0.4, -0.2) is 42.5 Å². The van der Waals surface area contributed by atoms with E-state index < -0.39 is 0 Å². The van der Waals surface area contributed by atoms with Crippen molar-refractivity contribution in [3.05, 3.63) is 35.4 Å². The number of carbonyl (C=O) groups excluding carboxylic acids is 2. The van der Waals surface area contributed by atoms with Crippen molar-refractivity contribution in [3.63, 3.8) is 0 Å². The van der Waals surface area contributed by atoms with Gasteiger partial charge in [-0.05, 0) is 68.1 Å². The minimum absolute atomic E-state index is 0.0327. The molecule has 2 saturated heterocycles. The minimum atomic E-state index is -0.241. The molecule has 5 nitrogen and oxygen atoms in total. The van der Waals surface area contributed by atoms with Gasteiger partial charge in [-0.3, -0.25) is 9.59 Å². The highest BCUT2D eigenvalue weighted by Gasteiger charge is 2.35. The summed E-state index contributed by atoms with van der Waals surface area (Å²) in [5, 5.41) is 0. The first-order valence-electron chi connectivity index (χ1n) is 9.92. The first-order valence-corrected chi connectivity index (χ1v) is 9.92. The second-order valence-electron chi connectivity index (χ2n) is 8.07. The number of primary amides is 1. The van der Waals surface area contributed by atoms with Crippen LogP contribution in [-0.2, 0) is 9.53 Å². The number of piperidine rings is 1. The Hall–Kier alpha value is -1.88. The Kier molecular flexibility index (Phi) is 4.98. The maximum absolute atomic E-state index is 12.7. The summed E-state index contributed by atoms with van der Waals surface area (Å²) in [4.78, 5) is 26.2. The minimum Gasteiger partial charge on any atom is -0.377 e. The molecule has 5 heteroatoms. The number of likely N-dealkylation sites (tertiary alicyclic amines) is 1. The largest absolute Gasteiger partial charge is 0.377 e. The van der Waals surface area contributed by atoms with Gasteiger partial charge in [0.1, 0.15) is 0 Å². The van der Waals surface area contributed by atoms with Crippen molar-refractivity contribution in [1.29, 1.82) is 0 Å². The van der Waals surface area contributed by atoms with Gasteiger partial charge in [0.25, 0.3) is 5.91 Å². The summed E-state index contributed by atoms with van der Waals surface area (Å²) < 4.78 is 5.73. The van der Waals surface area contributed by atoms with E-state index >= 15 is 0 Å². The summed E-state index contributed by atoms with van der Waals surface area (Å²) >= 11 is 0. The van der Waals surface area contributed by atoms with Gasteiger partial charge in [-0.1, -0.05) is 12.1 Å². The van der Waals surface area contributed by atoms with Gasteiger partial charge >= 0.3 is 0 Å². The Morgan fingerprint density at radius 2 is 1.73 bits per heavy atom. The van der Waals surface area contributed by atoms with Crippen LogP contribution in [0.1, 0.15) is 60.4 Å². The van der Waals surface area contributed by atoms with E-state index in [2.05, 4.69) is 12.1 Å². The standard InChI is InChI=1S/C21H28N2O3/c22-20(24)18-9-12-26-19(18)13-14-7-10-23(11-8-14)21(25)17-5-3-16(4-6-17)15-1-2-15/h3-6,14-15,18-19H,1-2,7-13H2,(H2,22,24)/t18-,19-/m1/s1. The normalized spacial score (nSPS) is 26.8. The molecule has 2 aliphatic heterocycles. The van der Waals surface area contributed by atoms with Crippen molar-refractivity contribution >= 4 is 11.8 Å². The second-order valence-corrected chi connectivity index (χ2v) is 8.07. The highest BCUT2D eigenvalue weighted by Crippen LogP contribution is 2.40. The molecule has 140 valence electrons. The lowest BCUT2D eigenvalue weighted by Crippen LogP contribution is -2.40. The van der Waals surface area contributed by atoms with Crippen LogP contribution < -0.4 is 5.73 Å². The van der Waals surface area contributed by atoms with Gasteiger partial charge < -0.3 is 15.4 Å². The third kappa shape index (κ3) is 3.78. The van der Waals surface area contributed by atoms with Crippen molar-refractivity contribution in [2.24, 2.45) is 17.6 Å². The van der Waals surface area contributed by atoms with Gasteiger partial charge in [-0.25, -0.2) is 0 Å². The zero-order valence-electron chi connectivity index (χ0n) is 15.2. The van der Waals surface area contributed by atoms with Crippen LogP contribution in [0.4, 0.5) is 0 Å². The molecule has 26 heavy (non-hydrogen) atoms. The van der Waals surface area contributed by atoms with Crippen LogP contribution in [0.25, 0.3) is 0 Å². The van der Waals surface area contributed by atoms with Crippen molar-refractivity contribution in [1.82, 2.24) is 4.90 Å². The van der Waals surface area contributed by atoms with Gasteiger partial charge in [0.2, 0.25) is 5.91 Å². The maximum atomic E-state index is 12.7. The Morgan fingerprint density at radius 3 is 2.35 bits per heavy atom. The molecule has 0 radical (unpaired) electrons. The number of hydrogen-bond acceptors (Lipinski definition) is 3. The highest BCUT2D eigenvalue weighted by atomic mass is 16.5. The third-order valence-electron chi connectivity index (χ3n) is 6.25. The lowest BCUT2D eigenvalue weighted by Gasteiger charge is -2.33. The molecule has 2 heterocycles. The smallest absolute Gasteiger partial charge is 0.253 e. The summed E-state index contributed by atoms with van der Waals surface area (Å²) in [5.74, 6) is 0.977. The zero-order valence-corrected chi connectivity index (χ0v) is 15.2. The molecule has 1 aromatic carbocycles. The lowest BCUT2D eigenvalue weighted by molar-refractivity contribution is -0.123. The fourth-order valence-corrected chi connectivity index (χ4v) is 4.40. The van der Waals surface area contributed by atoms with Crippen molar-refractivity contribution in [3.8, 4) is 0 Å². The predicted molar refractivity (Wildman–Crippen MR) is 98.7 cm³/mol. The lowest BCUT2D eigenvalue weighted by atomic mass is 9.86. The Bertz CT molecular complexity index is 660. The molecule has 0 aromatic heterocycles. The fraction of sp³-hybridized carbons (Fsp3) is 0.619. The van der Waals surface area contributed by atoms with Crippen LogP contribution in [0.3, 0.4) is 0 Å². The molecule has 0 unspecified atom stereocenters. The molecule has 2 N–H and O–H groups in total. The Labute approximate surface area is 154 Å². The average Bonchev–Trinajstić information content (AvgIpc) is 3.41. The number of hydrogen-bond donors (Lipinski definition) is 1. The van der Waals surface area contributed by atoms with E-state index in [9.17, 15) is 9.59 Å². The zero-order chi connectivity index (χ0) is 18.1. The molecule has 1 saturated carbocycles. The van der Waals surface area contributed by atoms with E-state index in [1.54, 1.807) is 0 Å². The van der Waals surface area contributed by atoms with Gasteiger partial charge in [-0.2, -0.15) is 0 Å². The fourth-order valence-electron chi connectivity index (χ4n) is 4.40. The summed E-state index contributed by atoms with van der Waals surface area (Å²) in [6, 6.07) is 8.18. The first-order chi connectivity index (χ1) is 12.6. The van der Waals surface area contributed by atoms with E-state index in [0.29, 0.717) is 12.5 Å². The van der Waals surface area contributed by atoms with E-state index in [4.69, 9.17) is 10.5 Å². The Morgan fingerprint density at radius 1 is 1.04 bits per heavy atom. The van der Waals surface area contributed by atoms with Gasteiger partial charge in [0.15, 0.2) is 0 Å². The Balaban J connectivity index is 1.28. The number of rotatable bonds is 5. The molecule has 4 rings (SSSR count). The number of nitrogens with zero attached hydrogens (tertiary/aromatic N) is 1. The summed E-state index contributed by atoms with van der Waals surface area (Å²) in [6.07, 6.45) is 6.09. The van der Waals surface area contributed by atoms with Crippen molar-refractivity contribution in [2.45, 2.75) is 50.5 Å². The number of carbonyl (C=O) groups is 2. The molecule has 2 atom stereocenters. The van der Waals surface area contributed by atoms with E-state index in [-0.39, 0.29) is 23.8 Å². The van der Waals surface area contributed by atoms with Gasteiger partial charge in [-0.15, -0.1) is 0 Å². The summed E-state index contributed by atoms with van der Waals surface area (Å²) in [6.45, 7) is 2.19. The van der Waals surface area contributed by atoms with Gasteiger partial charge in [0, 0.05) is 25.3 Å². The monoisotopic (exact) mass is 356 g/mol. The molecule has 3 aliphatic rings. The van der Waals surface area contributed by atoms with Crippen LogP contribution >= 0.6 is 0 Å². The van der Waals surface area contributed by atoms with Crippen LogP contribution in [0, 0.1) is 11.8 Å². The summed E-state index contributed by atoms with van der Waals surface area (Å²) in [5.41, 5.74) is 7.63. The molecule has 1 aliphatic carbocycles. The highest BCUT2D eigenvalue weighted by molar-refractivity contribution is 5.94. The first kappa shape index (κ1) is 17.5. The van der Waals surface area contributed by atoms with Crippen molar-refractivity contribution < 1.29 is 14.3 Å². The number of ether oxygens (including phenoxy) is 1. The van der Waals surface area contributed by atoms with E-state index in [0.717, 1.165) is 50.3 Å². The number of amides is 2. The van der Waals surface area contributed by atoms with E-state index in [1.165, 1.54) is 18.4 Å². The number of nitrogens with two attached hydrogens (primary N) is 1. The molecular formula is C21H28N2O3. The molecule has 0 spiro atoms. The molecule has 0 bridgehead atoms. The molecular weight excluding hydrogens is 328 g/mol. The van der Waals surface area contributed by atoms with Crippen LogP contribution in [0.15, 0.2) is 24.3 Å². The maximum Gasteiger partial charge on any atom is 0.253 e. The van der Waals surface area contributed by atoms with Crippen molar-refractivity contribution in [2.75, 3.05) is 19.7 Å². The number of benzene rings is 1. The topological polar surface area (TPSA) is 72.6 Å². The molecule has 2 amide bonds. The van der Waals surface area contributed by atoms with E-state index in [1.807, 2.05) is 17.0 Å². The van der Waals surface area contributed by atoms with Gasteiger partial charge in [0.05, 0.1) is 12.0 Å².